The number of hydrogen-bond acceptors (Lipinski definition) is 2. The summed E-state index contributed by atoms with van der Waals surface area (Å²) in [6.45, 7) is 11.4. The molecule has 0 radical (unpaired) electrons. The Hall–Kier alpha value is -1.70. The Bertz CT molecular complexity index is 431. The topological polar surface area (TPSA) is 6.48 Å². The van der Waals surface area contributed by atoms with E-state index in [0.29, 0.717) is 12.2 Å². The molecule has 0 aliphatic carbocycles. The molecule has 2 heteroatoms. The first-order valence-corrected chi connectivity index (χ1v) is 6.54. The van der Waals surface area contributed by atoms with Gasteiger partial charge < -0.3 is 9.80 Å². The molecule has 0 aromatic heterocycles. The van der Waals surface area contributed by atoms with Crippen LogP contribution in [0.1, 0.15) is 31.9 Å². The molecule has 1 aliphatic rings. The van der Waals surface area contributed by atoms with Crippen LogP contribution in [-0.2, 0) is 6.54 Å². The van der Waals surface area contributed by atoms with E-state index in [0.717, 1.165) is 6.54 Å². The monoisotopic (exact) mass is 242 g/mol. The van der Waals surface area contributed by atoms with Crippen LogP contribution in [0.2, 0.25) is 0 Å². The third kappa shape index (κ3) is 2.58. The van der Waals surface area contributed by atoms with Crippen molar-refractivity contribution >= 4 is 6.08 Å². The van der Waals surface area contributed by atoms with Crippen LogP contribution in [0, 0.1) is 0 Å². The van der Waals surface area contributed by atoms with Gasteiger partial charge in [-0.3, -0.25) is 0 Å². The van der Waals surface area contributed by atoms with Crippen LogP contribution < -0.4 is 0 Å². The second kappa shape index (κ2) is 5.30. The molecule has 1 aliphatic heterocycles. The standard InChI is InChI=1S/C16H22N2/c1-5-15-6-8-16(9-7-15)12-17-10-11-18(13(2)3)14(17)4/h5-11,13-14H,1,12H2,2-4H3. The molecule has 0 bridgehead atoms. The Balaban J connectivity index is 2.02. The van der Waals surface area contributed by atoms with Crippen LogP contribution >= 0.6 is 0 Å². The van der Waals surface area contributed by atoms with Crippen molar-refractivity contribution in [1.29, 1.82) is 0 Å². The van der Waals surface area contributed by atoms with Crippen molar-refractivity contribution in [1.82, 2.24) is 9.80 Å². The van der Waals surface area contributed by atoms with Crippen LogP contribution in [0.15, 0.2) is 43.2 Å². The predicted molar refractivity (Wildman–Crippen MR) is 77.7 cm³/mol. The number of nitrogens with zero attached hydrogens (tertiary/aromatic N) is 2. The second-order valence-electron chi connectivity index (χ2n) is 5.09. The molecule has 1 atom stereocenters. The maximum Gasteiger partial charge on any atom is 0.0983 e. The molecular weight excluding hydrogens is 220 g/mol. The Morgan fingerprint density at radius 3 is 2.39 bits per heavy atom. The zero-order valence-electron chi connectivity index (χ0n) is 11.5. The maximum absolute atomic E-state index is 3.78. The molecule has 1 unspecified atom stereocenters. The summed E-state index contributed by atoms with van der Waals surface area (Å²) in [5.74, 6) is 0. The van der Waals surface area contributed by atoms with E-state index in [-0.39, 0.29) is 0 Å². The minimum Gasteiger partial charge on any atom is -0.354 e. The van der Waals surface area contributed by atoms with Crippen molar-refractivity contribution in [3.05, 3.63) is 54.4 Å². The minimum absolute atomic E-state index is 0.434. The van der Waals surface area contributed by atoms with E-state index in [4.69, 9.17) is 0 Å². The van der Waals surface area contributed by atoms with Gasteiger partial charge in [0.25, 0.3) is 0 Å². The molecule has 0 fully saturated rings. The van der Waals surface area contributed by atoms with Gasteiger partial charge in [0.2, 0.25) is 0 Å². The summed E-state index contributed by atoms with van der Waals surface area (Å²) in [7, 11) is 0. The summed E-state index contributed by atoms with van der Waals surface area (Å²) >= 11 is 0. The van der Waals surface area contributed by atoms with E-state index in [9.17, 15) is 0 Å². The maximum atomic E-state index is 3.78. The summed E-state index contributed by atoms with van der Waals surface area (Å²) in [6, 6.07) is 9.13. The van der Waals surface area contributed by atoms with Crippen LogP contribution in [0.3, 0.4) is 0 Å². The van der Waals surface area contributed by atoms with Gasteiger partial charge in [-0.2, -0.15) is 0 Å². The molecule has 0 amide bonds. The first-order valence-electron chi connectivity index (χ1n) is 6.54. The van der Waals surface area contributed by atoms with E-state index in [1.54, 1.807) is 0 Å². The highest BCUT2D eigenvalue weighted by molar-refractivity contribution is 5.47. The minimum atomic E-state index is 0.434. The molecular formula is C16H22N2. The molecule has 1 aromatic carbocycles. The quantitative estimate of drug-likeness (QED) is 0.795. The lowest BCUT2D eigenvalue weighted by molar-refractivity contribution is 0.138. The molecule has 0 saturated carbocycles. The van der Waals surface area contributed by atoms with Gasteiger partial charge in [0, 0.05) is 25.0 Å². The highest BCUT2D eigenvalue weighted by atomic mass is 15.4. The lowest BCUT2D eigenvalue weighted by atomic mass is 10.1. The fourth-order valence-corrected chi connectivity index (χ4v) is 2.34. The Labute approximate surface area is 110 Å². The summed E-state index contributed by atoms with van der Waals surface area (Å²) in [5.41, 5.74) is 2.51. The van der Waals surface area contributed by atoms with Gasteiger partial charge in [-0.25, -0.2) is 0 Å². The average molecular weight is 242 g/mol. The number of hydrogen-bond donors (Lipinski definition) is 0. The smallest absolute Gasteiger partial charge is 0.0983 e. The van der Waals surface area contributed by atoms with Crippen molar-refractivity contribution in [2.75, 3.05) is 0 Å². The SMILES string of the molecule is C=Cc1ccc(CN2C=CN(C(C)C)C2C)cc1. The van der Waals surface area contributed by atoms with Gasteiger partial charge in [0.15, 0.2) is 0 Å². The fourth-order valence-electron chi connectivity index (χ4n) is 2.34. The Morgan fingerprint density at radius 1 is 1.22 bits per heavy atom. The van der Waals surface area contributed by atoms with E-state index >= 15 is 0 Å². The van der Waals surface area contributed by atoms with Gasteiger partial charge in [-0.1, -0.05) is 36.9 Å². The molecule has 96 valence electrons. The third-order valence-corrected chi connectivity index (χ3v) is 3.52. The third-order valence-electron chi connectivity index (χ3n) is 3.52. The van der Waals surface area contributed by atoms with Crippen molar-refractivity contribution in [3.8, 4) is 0 Å². The highest BCUT2D eigenvalue weighted by Gasteiger charge is 2.23. The van der Waals surface area contributed by atoms with Crippen LogP contribution in [-0.4, -0.2) is 22.0 Å². The lowest BCUT2D eigenvalue weighted by Gasteiger charge is -2.32. The molecule has 2 rings (SSSR count). The second-order valence-corrected chi connectivity index (χ2v) is 5.09. The zero-order chi connectivity index (χ0) is 13.1. The normalized spacial score (nSPS) is 18.8. The Kier molecular flexibility index (Phi) is 3.75. The van der Waals surface area contributed by atoms with Crippen molar-refractivity contribution in [3.63, 3.8) is 0 Å². The van der Waals surface area contributed by atoms with Gasteiger partial charge >= 0.3 is 0 Å². The Morgan fingerprint density at radius 2 is 1.89 bits per heavy atom. The van der Waals surface area contributed by atoms with Gasteiger partial charge in [0.1, 0.15) is 0 Å². The molecule has 2 nitrogen and oxygen atoms in total. The summed E-state index contributed by atoms with van der Waals surface area (Å²) in [6.07, 6.45) is 6.69. The number of rotatable bonds is 4. The van der Waals surface area contributed by atoms with E-state index < -0.39 is 0 Å². The van der Waals surface area contributed by atoms with Crippen molar-refractivity contribution in [2.45, 2.75) is 39.5 Å². The van der Waals surface area contributed by atoms with E-state index in [1.807, 2.05) is 6.08 Å². The molecule has 0 spiro atoms. The molecule has 18 heavy (non-hydrogen) atoms. The van der Waals surface area contributed by atoms with Crippen molar-refractivity contribution < 1.29 is 0 Å². The van der Waals surface area contributed by atoms with Crippen molar-refractivity contribution in [2.24, 2.45) is 0 Å². The summed E-state index contributed by atoms with van der Waals surface area (Å²) in [4.78, 5) is 4.74. The molecule has 1 aromatic rings. The van der Waals surface area contributed by atoms with Crippen LogP contribution in [0.4, 0.5) is 0 Å². The van der Waals surface area contributed by atoms with Gasteiger partial charge in [-0.05, 0) is 31.9 Å². The molecule has 1 heterocycles. The molecule has 0 N–H and O–H groups in total. The summed E-state index contributed by atoms with van der Waals surface area (Å²) < 4.78 is 0. The van der Waals surface area contributed by atoms with E-state index in [1.165, 1.54) is 11.1 Å². The predicted octanol–water partition coefficient (Wildman–Crippen LogP) is 3.67. The van der Waals surface area contributed by atoms with Gasteiger partial charge in [-0.15, -0.1) is 0 Å². The largest absolute Gasteiger partial charge is 0.354 e. The van der Waals surface area contributed by atoms with Crippen LogP contribution in [0.25, 0.3) is 6.08 Å². The number of benzene rings is 1. The van der Waals surface area contributed by atoms with Gasteiger partial charge in [0.05, 0.1) is 6.17 Å². The first-order chi connectivity index (χ1) is 8.61. The fraction of sp³-hybridized carbons (Fsp3) is 0.375. The highest BCUT2D eigenvalue weighted by Crippen LogP contribution is 2.21. The lowest BCUT2D eigenvalue weighted by Crippen LogP contribution is -2.39. The zero-order valence-corrected chi connectivity index (χ0v) is 11.5. The van der Waals surface area contributed by atoms with E-state index in [2.05, 4.69) is 73.8 Å². The first kappa shape index (κ1) is 12.7. The average Bonchev–Trinajstić information content (AvgIpc) is 2.72. The van der Waals surface area contributed by atoms with Crippen LogP contribution in [0.5, 0.6) is 0 Å². The summed E-state index contributed by atoms with van der Waals surface area (Å²) in [5, 5.41) is 0. The molecule has 0 saturated heterocycles.